The van der Waals surface area contributed by atoms with Gasteiger partial charge in [-0.15, -0.1) is 0 Å². The van der Waals surface area contributed by atoms with E-state index >= 15 is 0 Å². The van der Waals surface area contributed by atoms with Gasteiger partial charge in [-0.25, -0.2) is 0 Å². The van der Waals surface area contributed by atoms with E-state index in [2.05, 4.69) is 121 Å². The van der Waals surface area contributed by atoms with Crippen molar-refractivity contribution >= 4 is 43.5 Å². The molecule has 1 aliphatic carbocycles. The fourth-order valence-corrected chi connectivity index (χ4v) is 6.91. The summed E-state index contributed by atoms with van der Waals surface area (Å²) in [5.74, 6) is 0. The highest BCUT2D eigenvalue weighted by Gasteiger charge is 2.21. The van der Waals surface area contributed by atoms with Crippen molar-refractivity contribution in [2.75, 3.05) is 0 Å². The number of furan rings is 1. The molecule has 0 amide bonds. The van der Waals surface area contributed by atoms with Gasteiger partial charge in [-0.1, -0.05) is 109 Å². The van der Waals surface area contributed by atoms with Crippen molar-refractivity contribution in [1.29, 1.82) is 0 Å². The molecule has 0 unspecified atom stereocenters. The molecule has 0 N–H and O–H groups in total. The molecule has 8 aromatic rings. The van der Waals surface area contributed by atoms with Crippen LogP contribution in [0.1, 0.15) is 11.1 Å². The fourth-order valence-electron chi connectivity index (χ4n) is 6.91. The van der Waals surface area contributed by atoms with Crippen LogP contribution in [0.2, 0.25) is 0 Å². The van der Waals surface area contributed by atoms with E-state index in [9.17, 15) is 0 Å². The summed E-state index contributed by atoms with van der Waals surface area (Å²) < 4.78 is 6.16. The second-order valence-corrected chi connectivity index (χ2v) is 10.9. The van der Waals surface area contributed by atoms with Gasteiger partial charge in [0.1, 0.15) is 11.2 Å². The van der Waals surface area contributed by atoms with Crippen molar-refractivity contribution in [3.05, 3.63) is 145 Å². The molecule has 0 fully saturated rings. The van der Waals surface area contributed by atoms with Crippen LogP contribution in [-0.4, -0.2) is 0 Å². The van der Waals surface area contributed by atoms with Crippen molar-refractivity contribution in [3.63, 3.8) is 0 Å². The summed E-state index contributed by atoms with van der Waals surface area (Å²) in [4.78, 5) is 0. The lowest BCUT2D eigenvalue weighted by Gasteiger charge is -2.18. The Bertz CT molecular complexity index is 2240. The average molecular weight is 509 g/mol. The maximum absolute atomic E-state index is 6.16. The largest absolute Gasteiger partial charge is 0.456 e. The van der Waals surface area contributed by atoms with Crippen LogP contribution in [0.5, 0.6) is 0 Å². The molecule has 7 aromatic carbocycles. The molecule has 1 heterocycles. The van der Waals surface area contributed by atoms with Gasteiger partial charge in [-0.05, 0) is 96.7 Å². The van der Waals surface area contributed by atoms with Gasteiger partial charge in [0.25, 0.3) is 0 Å². The minimum absolute atomic E-state index is 0.925. The number of hydrogen-bond acceptors (Lipinski definition) is 1. The number of rotatable bonds is 2. The molecule has 0 saturated heterocycles. The van der Waals surface area contributed by atoms with E-state index in [0.29, 0.717) is 0 Å². The molecule has 1 aromatic heterocycles. The smallest absolute Gasteiger partial charge is 0.135 e. The first-order valence-corrected chi connectivity index (χ1v) is 13.9. The molecule has 9 rings (SSSR count). The second kappa shape index (κ2) is 8.18. The SMILES string of the molecule is c1ccc2c(c1)Cc1ccc(-c3c4ccccc4c(-c4ccc5oc6ccccc6c5c4)c4ccccc34)cc1-2. The molecule has 1 aliphatic rings. The van der Waals surface area contributed by atoms with E-state index < -0.39 is 0 Å². The lowest BCUT2D eigenvalue weighted by atomic mass is 9.85. The van der Waals surface area contributed by atoms with Crippen LogP contribution in [0.4, 0.5) is 0 Å². The van der Waals surface area contributed by atoms with Crippen molar-refractivity contribution in [1.82, 2.24) is 0 Å². The van der Waals surface area contributed by atoms with Crippen LogP contribution in [-0.2, 0) is 6.42 Å². The lowest BCUT2D eigenvalue weighted by molar-refractivity contribution is 0.669. The van der Waals surface area contributed by atoms with Gasteiger partial charge in [0, 0.05) is 10.8 Å². The lowest BCUT2D eigenvalue weighted by Crippen LogP contribution is -1.91. The highest BCUT2D eigenvalue weighted by Crippen LogP contribution is 2.46. The summed E-state index contributed by atoms with van der Waals surface area (Å²) in [5.41, 5.74) is 12.5. The molecule has 186 valence electrons. The van der Waals surface area contributed by atoms with Crippen LogP contribution >= 0.6 is 0 Å². The first kappa shape index (κ1) is 21.8. The monoisotopic (exact) mass is 508 g/mol. The molecule has 0 aliphatic heterocycles. The maximum atomic E-state index is 6.16. The van der Waals surface area contributed by atoms with Crippen molar-refractivity contribution < 1.29 is 4.42 Å². The molecular weight excluding hydrogens is 484 g/mol. The van der Waals surface area contributed by atoms with Crippen LogP contribution in [0, 0.1) is 0 Å². The van der Waals surface area contributed by atoms with Crippen molar-refractivity contribution in [2.45, 2.75) is 6.42 Å². The Hall–Kier alpha value is -5.14. The quantitative estimate of drug-likeness (QED) is 0.212. The standard InChI is InChI=1S/C39H24O/c1-2-10-28-24(9-1)21-25-17-18-26(22-34(25)28)38-30-12-3-5-14-32(30)39(33-15-6-4-13-31(33)38)27-19-20-37-35(23-27)29-11-7-8-16-36(29)40-37/h1-20,22-23H,21H2. The molecular formula is C39H24O. The Morgan fingerprint density at radius 1 is 0.375 bits per heavy atom. The van der Waals surface area contributed by atoms with E-state index in [1.165, 1.54) is 66.1 Å². The van der Waals surface area contributed by atoms with E-state index in [1.54, 1.807) is 0 Å². The van der Waals surface area contributed by atoms with Gasteiger partial charge >= 0.3 is 0 Å². The van der Waals surface area contributed by atoms with E-state index in [4.69, 9.17) is 4.42 Å². The third-order valence-electron chi connectivity index (χ3n) is 8.68. The highest BCUT2D eigenvalue weighted by molar-refractivity contribution is 6.22. The molecule has 1 nitrogen and oxygen atoms in total. The Labute approximate surface area is 231 Å². The molecule has 40 heavy (non-hydrogen) atoms. The molecule has 0 saturated carbocycles. The Kier molecular flexibility index (Phi) is 4.45. The topological polar surface area (TPSA) is 13.1 Å². The number of fused-ring (bicyclic) bond motifs is 8. The predicted molar refractivity (Wildman–Crippen MR) is 168 cm³/mol. The Balaban J connectivity index is 1.35. The van der Waals surface area contributed by atoms with Crippen LogP contribution in [0.25, 0.3) is 76.9 Å². The second-order valence-electron chi connectivity index (χ2n) is 10.9. The fraction of sp³-hybridized carbons (Fsp3) is 0.0256. The highest BCUT2D eigenvalue weighted by atomic mass is 16.3. The molecule has 0 radical (unpaired) electrons. The molecule has 0 bridgehead atoms. The van der Waals surface area contributed by atoms with Gasteiger partial charge in [0.15, 0.2) is 0 Å². The van der Waals surface area contributed by atoms with Gasteiger partial charge in [0.2, 0.25) is 0 Å². The number of para-hydroxylation sites is 1. The Morgan fingerprint density at radius 2 is 0.900 bits per heavy atom. The van der Waals surface area contributed by atoms with Crippen LogP contribution in [0.3, 0.4) is 0 Å². The maximum Gasteiger partial charge on any atom is 0.135 e. The first-order chi connectivity index (χ1) is 19.8. The van der Waals surface area contributed by atoms with E-state index in [-0.39, 0.29) is 0 Å². The Morgan fingerprint density at radius 3 is 1.62 bits per heavy atom. The van der Waals surface area contributed by atoms with Gasteiger partial charge in [-0.3, -0.25) is 0 Å². The zero-order valence-electron chi connectivity index (χ0n) is 21.8. The number of hydrogen-bond donors (Lipinski definition) is 0. The minimum Gasteiger partial charge on any atom is -0.456 e. The van der Waals surface area contributed by atoms with Gasteiger partial charge in [-0.2, -0.15) is 0 Å². The number of benzene rings is 7. The van der Waals surface area contributed by atoms with Crippen LogP contribution < -0.4 is 0 Å². The summed E-state index contributed by atoms with van der Waals surface area (Å²) in [7, 11) is 0. The first-order valence-electron chi connectivity index (χ1n) is 13.9. The molecule has 1 heteroatoms. The summed E-state index contributed by atoms with van der Waals surface area (Å²) in [6, 6.07) is 48.6. The summed E-state index contributed by atoms with van der Waals surface area (Å²) in [6.07, 6.45) is 1.01. The third kappa shape index (κ3) is 3.03. The molecule has 0 spiro atoms. The predicted octanol–water partition coefficient (Wildman–Crippen LogP) is 10.8. The summed E-state index contributed by atoms with van der Waals surface area (Å²) in [5, 5.41) is 7.40. The zero-order chi connectivity index (χ0) is 26.2. The average Bonchev–Trinajstić information content (AvgIpc) is 3.57. The third-order valence-corrected chi connectivity index (χ3v) is 8.68. The van der Waals surface area contributed by atoms with Gasteiger partial charge in [0.05, 0.1) is 0 Å². The van der Waals surface area contributed by atoms with E-state index in [0.717, 1.165) is 28.4 Å². The summed E-state index contributed by atoms with van der Waals surface area (Å²) in [6.45, 7) is 0. The minimum atomic E-state index is 0.925. The van der Waals surface area contributed by atoms with Gasteiger partial charge < -0.3 is 4.42 Å². The normalized spacial score (nSPS) is 12.4. The summed E-state index contributed by atoms with van der Waals surface area (Å²) >= 11 is 0. The zero-order valence-corrected chi connectivity index (χ0v) is 21.8. The molecule has 0 atom stereocenters. The van der Waals surface area contributed by atoms with Crippen LogP contribution in [0.15, 0.2) is 138 Å². The van der Waals surface area contributed by atoms with Crippen molar-refractivity contribution in [2.24, 2.45) is 0 Å². The van der Waals surface area contributed by atoms with E-state index in [1.807, 2.05) is 12.1 Å². The van der Waals surface area contributed by atoms with Crippen molar-refractivity contribution in [3.8, 4) is 33.4 Å².